The Hall–Kier alpha value is -2.45. The SMILES string of the molecule is CC/C=C\C/C=C\C/C=C\CCCCCC(=O)OC(COCCC(C(=O)O)[N+](C)(C)C)COC(=O)CCCCCCCCCCCCCC. The van der Waals surface area contributed by atoms with Crippen molar-refractivity contribution in [2.24, 2.45) is 0 Å². The van der Waals surface area contributed by atoms with Crippen LogP contribution in [0.1, 0.15) is 155 Å². The maximum absolute atomic E-state index is 12.6. The molecule has 2 unspecified atom stereocenters. The van der Waals surface area contributed by atoms with E-state index in [-0.39, 0.29) is 36.2 Å². The minimum Gasteiger partial charge on any atom is -0.477 e. The van der Waals surface area contributed by atoms with Gasteiger partial charge in [0.1, 0.15) is 6.61 Å². The van der Waals surface area contributed by atoms with E-state index >= 15 is 0 Å². The van der Waals surface area contributed by atoms with Gasteiger partial charge in [0.05, 0.1) is 34.4 Å². The van der Waals surface area contributed by atoms with Gasteiger partial charge in [-0.3, -0.25) is 9.59 Å². The Morgan fingerprint density at radius 1 is 0.633 bits per heavy atom. The van der Waals surface area contributed by atoms with Crippen molar-refractivity contribution >= 4 is 17.9 Å². The maximum atomic E-state index is 12.6. The fourth-order valence-corrected chi connectivity index (χ4v) is 5.52. The molecule has 0 aliphatic carbocycles. The van der Waals surface area contributed by atoms with Gasteiger partial charge in [0.25, 0.3) is 0 Å². The van der Waals surface area contributed by atoms with Gasteiger partial charge in [0.15, 0.2) is 12.1 Å². The Balaban J connectivity index is 4.46. The average Bonchev–Trinajstić information content (AvgIpc) is 3.05. The molecule has 1 N–H and O–H groups in total. The first-order valence-electron chi connectivity index (χ1n) is 19.5. The summed E-state index contributed by atoms with van der Waals surface area (Å²) >= 11 is 0. The molecule has 2 atom stereocenters. The van der Waals surface area contributed by atoms with Crippen LogP contribution in [0.25, 0.3) is 0 Å². The first-order chi connectivity index (χ1) is 23.6. The van der Waals surface area contributed by atoms with E-state index in [1.165, 1.54) is 57.8 Å². The Morgan fingerprint density at radius 3 is 1.69 bits per heavy atom. The summed E-state index contributed by atoms with van der Waals surface area (Å²) in [5.74, 6) is -1.51. The topological polar surface area (TPSA) is 99.1 Å². The van der Waals surface area contributed by atoms with Crippen molar-refractivity contribution in [1.82, 2.24) is 0 Å². The van der Waals surface area contributed by atoms with E-state index in [0.717, 1.165) is 64.2 Å². The fourth-order valence-electron chi connectivity index (χ4n) is 5.52. The number of ether oxygens (including phenoxy) is 3. The molecular weight excluding hydrogens is 618 g/mol. The van der Waals surface area contributed by atoms with Gasteiger partial charge in [-0.15, -0.1) is 0 Å². The molecule has 0 aliphatic rings. The summed E-state index contributed by atoms with van der Waals surface area (Å²) in [6, 6.07) is -0.617. The van der Waals surface area contributed by atoms with Crippen molar-refractivity contribution in [3.8, 4) is 0 Å². The van der Waals surface area contributed by atoms with E-state index < -0.39 is 18.1 Å². The number of likely N-dealkylation sites (N-methyl/N-ethyl adjacent to an activating group) is 1. The predicted octanol–water partition coefficient (Wildman–Crippen LogP) is 9.91. The number of carboxylic acid groups (broad SMARTS) is 1. The summed E-state index contributed by atoms with van der Waals surface area (Å²) in [5, 5.41) is 9.58. The molecule has 0 saturated heterocycles. The molecule has 0 bridgehead atoms. The molecule has 0 saturated carbocycles. The number of nitrogens with zero attached hydrogens (tertiary/aromatic N) is 1. The Morgan fingerprint density at radius 2 is 1.14 bits per heavy atom. The van der Waals surface area contributed by atoms with Crippen LogP contribution in [0.3, 0.4) is 0 Å². The van der Waals surface area contributed by atoms with Crippen molar-refractivity contribution in [2.75, 3.05) is 41.0 Å². The maximum Gasteiger partial charge on any atom is 0.362 e. The molecule has 0 aromatic heterocycles. The monoisotopic (exact) mass is 693 g/mol. The number of allylic oxidation sites excluding steroid dienone is 6. The highest BCUT2D eigenvalue weighted by Gasteiger charge is 2.31. The molecule has 0 amide bonds. The number of carboxylic acids is 1. The van der Waals surface area contributed by atoms with Crippen molar-refractivity contribution < 1.29 is 38.2 Å². The van der Waals surface area contributed by atoms with Crippen LogP contribution in [0.2, 0.25) is 0 Å². The number of hydrogen-bond donors (Lipinski definition) is 1. The van der Waals surface area contributed by atoms with Gasteiger partial charge in [-0.05, 0) is 44.9 Å². The smallest absolute Gasteiger partial charge is 0.362 e. The van der Waals surface area contributed by atoms with E-state index in [1.807, 2.05) is 21.1 Å². The number of aliphatic carboxylic acids is 1. The summed E-state index contributed by atoms with van der Waals surface area (Å²) in [6.45, 7) is 4.57. The summed E-state index contributed by atoms with van der Waals surface area (Å²) in [7, 11) is 5.50. The average molecular weight is 693 g/mol. The second-order valence-electron chi connectivity index (χ2n) is 14.2. The van der Waals surface area contributed by atoms with E-state index in [9.17, 15) is 19.5 Å². The molecule has 0 fully saturated rings. The van der Waals surface area contributed by atoms with Gasteiger partial charge in [-0.2, -0.15) is 0 Å². The van der Waals surface area contributed by atoms with Crippen LogP contribution in [0.15, 0.2) is 36.5 Å². The van der Waals surface area contributed by atoms with E-state index in [2.05, 4.69) is 50.3 Å². The van der Waals surface area contributed by atoms with Crippen LogP contribution in [-0.2, 0) is 28.6 Å². The number of esters is 2. The van der Waals surface area contributed by atoms with Crippen LogP contribution < -0.4 is 0 Å². The van der Waals surface area contributed by atoms with Crippen LogP contribution in [0.4, 0.5) is 0 Å². The van der Waals surface area contributed by atoms with Crippen molar-refractivity contribution in [1.29, 1.82) is 0 Å². The van der Waals surface area contributed by atoms with Crippen LogP contribution in [-0.4, -0.2) is 80.6 Å². The van der Waals surface area contributed by atoms with E-state index in [4.69, 9.17) is 14.2 Å². The highest BCUT2D eigenvalue weighted by atomic mass is 16.6. The third kappa shape index (κ3) is 31.3. The van der Waals surface area contributed by atoms with Crippen molar-refractivity contribution in [3.05, 3.63) is 36.5 Å². The zero-order valence-corrected chi connectivity index (χ0v) is 32.1. The largest absolute Gasteiger partial charge is 0.477 e. The molecule has 0 aromatic carbocycles. The van der Waals surface area contributed by atoms with Gasteiger partial charge in [0, 0.05) is 19.3 Å². The first kappa shape index (κ1) is 46.5. The Kier molecular flexibility index (Phi) is 31.1. The van der Waals surface area contributed by atoms with Gasteiger partial charge in [-0.1, -0.05) is 127 Å². The quantitative estimate of drug-likeness (QED) is 0.0310. The minimum absolute atomic E-state index is 0.0508. The van der Waals surface area contributed by atoms with Gasteiger partial charge < -0.3 is 23.8 Å². The fraction of sp³-hybridized carbons (Fsp3) is 0.780. The normalized spacial score (nSPS) is 13.4. The highest BCUT2D eigenvalue weighted by molar-refractivity contribution is 5.72. The molecule has 8 heteroatoms. The molecule has 0 heterocycles. The second-order valence-corrected chi connectivity index (χ2v) is 14.2. The Labute approximate surface area is 300 Å². The zero-order chi connectivity index (χ0) is 36.4. The summed E-state index contributed by atoms with van der Waals surface area (Å²) in [5.41, 5.74) is 0. The van der Waals surface area contributed by atoms with Crippen LogP contribution in [0.5, 0.6) is 0 Å². The van der Waals surface area contributed by atoms with Crippen LogP contribution in [0, 0.1) is 0 Å². The third-order valence-corrected chi connectivity index (χ3v) is 8.55. The lowest BCUT2D eigenvalue weighted by Crippen LogP contribution is -2.50. The molecule has 0 radical (unpaired) electrons. The number of unbranched alkanes of at least 4 members (excludes halogenated alkanes) is 14. The van der Waals surface area contributed by atoms with E-state index in [0.29, 0.717) is 19.3 Å². The van der Waals surface area contributed by atoms with Gasteiger partial charge >= 0.3 is 17.9 Å². The minimum atomic E-state index is -0.881. The number of carbonyl (C=O) groups excluding carboxylic acids is 2. The predicted molar refractivity (Wildman–Crippen MR) is 201 cm³/mol. The molecule has 49 heavy (non-hydrogen) atoms. The summed E-state index contributed by atoms with van der Waals surface area (Å²) in [6.07, 6.45) is 34.7. The third-order valence-electron chi connectivity index (χ3n) is 8.55. The van der Waals surface area contributed by atoms with Crippen molar-refractivity contribution in [2.45, 2.75) is 167 Å². The van der Waals surface area contributed by atoms with Gasteiger partial charge in [-0.25, -0.2) is 4.79 Å². The lowest BCUT2D eigenvalue weighted by Gasteiger charge is -2.31. The molecular formula is C41H74NO7+. The number of quaternary nitrogens is 1. The van der Waals surface area contributed by atoms with Crippen LogP contribution >= 0.6 is 0 Å². The van der Waals surface area contributed by atoms with E-state index in [1.54, 1.807) is 0 Å². The standard InChI is InChI=1S/C41H73NO7/c1-6-8-10-12-14-16-18-20-22-24-26-28-30-32-40(44)49-37(35-47-34-33-38(41(45)46)42(3,4)5)36-48-39(43)31-29-27-25-23-21-19-17-15-13-11-9-7-2/h8,10,14,16,20,22,37-38H,6-7,9,11-13,15,17-19,21,23-36H2,1-5H3/p+1/b10-8-,16-14-,22-20-. The molecule has 0 aliphatic heterocycles. The summed E-state index contributed by atoms with van der Waals surface area (Å²) in [4.78, 5) is 36.8. The molecule has 0 aromatic rings. The number of rotatable bonds is 34. The highest BCUT2D eigenvalue weighted by Crippen LogP contribution is 2.14. The molecule has 284 valence electrons. The molecule has 8 nitrogen and oxygen atoms in total. The first-order valence-corrected chi connectivity index (χ1v) is 19.5. The molecule has 0 spiro atoms. The second kappa shape index (κ2) is 32.7. The zero-order valence-electron chi connectivity index (χ0n) is 32.1. The number of carbonyl (C=O) groups is 3. The lowest BCUT2D eigenvalue weighted by molar-refractivity contribution is -0.887. The molecule has 0 rings (SSSR count). The Bertz CT molecular complexity index is 906. The summed E-state index contributed by atoms with van der Waals surface area (Å²) < 4.78 is 17.2. The van der Waals surface area contributed by atoms with Gasteiger partial charge in [0.2, 0.25) is 0 Å². The lowest BCUT2D eigenvalue weighted by atomic mass is 10.0. The van der Waals surface area contributed by atoms with Crippen molar-refractivity contribution in [3.63, 3.8) is 0 Å². The number of hydrogen-bond acceptors (Lipinski definition) is 6.